The summed E-state index contributed by atoms with van der Waals surface area (Å²) in [5, 5.41) is 13.2. The fourth-order valence-corrected chi connectivity index (χ4v) is 2.22. The van der Waals surface area contributed by atoms with Gasteiger partial charge in [0.1, 0.15) is 0 Å². The van der Waals surface area contributed by atoms with Crippen molar-refractivity contribution in [1.29, 1.82) is 0 Å². The average molecular weight is 297 g/mol. The Kier molecular flexibility index (Phi) is 5.55. The molecule has 116 valence electrons. The highest BCUT2D eigenvalue weighted by atomic mass is 16.3. The number of nitrogens with one attached hydrogen (secondary N) is 1. The van der Waals surface area contributed by atoms with Gasteiger partial charge in [-0.3, -0.25) is 4.99 Å². The first kappa shape index (κ1) is 16.0. The molecule has 0 aliphatic carbocycles. The van der Waals surface area contributed by atoms with Gasteiger partial charge in [0, 0.05) is 5.69 Å². The number of aliphatic hydroxyl groups excluding tert-OH is 1. The molecule has 1 unspecified atom stereocenters. The van der Waals surface area contributed by atoms with Crippen LogP contribution in [0.2, 0.25) is 0 Å². The van der Waals surface area contributed by atoms with Gasteiger partial charge in [0.2, 0.25) is 0 Å². The second-order valence-electron chi connectivity index (χ2n) is 5.33. The van der Waals surface area contributed by atoms with Crippen LogP contribution in [0.5, 0.6) is 0 Å². The lowest BCUT2D eigenvalue weighted by Gasteiger charge is -2.11. The Labute approximate surface area is 131 Å². The van der Waals surface area contributed by atoms with E-state index in [1.165, 1.54) is 5.56 Å². The zero-order valence-electron chi connectivity index (χ0n) is 13.1. The molecule has 4 heteroatoms. The minimum absolute atomic E-state index is 0.232. The third-order valence-corrected chi connectivity index (χ3v) is 3.47. The predicted octanol–water partition coefficient (Wildman–Crippen LogP) is 3.02. The number of hydrogen-bond donors (Lipinski definition) is 3. The summed E-state index contributed by atoms with van der Waals surface area (Å²) in [5.74, 6) is 0.306. The maximum atomic E-state index is 10.2. The van der Waals surface area contributed by atoms with Crippen LogP contribution < -0.4 is 11.1 Å². The molecule has 0 aliphatic rings. The molecule has 4 N–H and O–H groups in total. The zero-order chi connectivity index (χ0) is 15.9. The quantitative estimate of drug-likeness (QED) is 0.587. The van der Waals surface area contributed by atoms with Crippen molar-refractivity contribution in [1.82, 2.24) is 0 Å². The number of aliphatic hydroxyl groups is 1. The van der Waals surface area contributed by atoms with Crippen LogP contribution in [0, 0.1) is 6.92 Å². The molecule has 4 nitrogen and oxygen atoms in total. The van der Waals surface area contributed by atoms with Crippen LogP contribution in [0.1, 0.15) is 29.7 Å². The second kappa shape index (κ2) is 7.61. The molecule has 2 rings (SSSR count). The Morgan fingerprint density at radius 3 is 2.73 bits per heavy atom. The fraction of sp³-hybridized carbons (Fsp3) is 0.278. The number of rotatable bonds is 5. The van der Waals surface area contributed by atoms with E-state index in [1.807, 2.05) is 49.4 Å². The highest BCUT2D eigenvalue weighted by Gasteiger charge is 2.07. The summed E-state index contributed by atoms with van der Waals surface area (Å²) in [6, 6.07) is 15.8. The molecule has 0 saturated carbocycles. The van der Waals surface area contributed by atoms with Gasteiger partial charge in [0.15, 0.2) is 5.96 Å². The highest BCUT2D eigenvalue weighted by molar-refractivity contribution is 5.92. The van der Waals surface area contributed by atoms with Crippen molar-refractivity contribution in [2.45, 2.75) is 26.4 Å². The van der Waals surface area contributed by atoms with Crippen molar-refractivity contribution < 1.29 is 5.11 Å². The summed E-state index contributed by atoms with van der Waals surface area (Å²) < 4.78 is 0. The van der Waals surface area contributed by atoms with E-state index in [-0.39, 0.29) is 6.54 Å². The van der Waals surface area contributed by atoms with Crippen molar-refractivity contribution in [2.24, 2.45) is 10.7 Å². The van der Waals surface area contributed by atoms with Crippen LogP contribution in [-0.2, 0) is 6.42 Å². The lowest BCUT2D eigenvalue weighted by Crippen LogP contribution is -2.23. The first-order valence-corrected chi connectivity index (χ1v) is 7.49. The summed E-state index contributed by atoms with van der Waals surface area (Å²) in [5.41, 5.74) is 9.99. The van der Waals surface area contributed by atoms with Gasteiger partial charge in [-0.05, 0) is 36.6 Å². The summed E-state index contributed by atoms with van der Waals surface area (Å²) in [6.07, 6.45) is 0.320. The smallest absolute Gasteiger partial charge is 0.193 e. The van der Waals surface area contributed by atoms with Crippen molar-refractivity contribution in [3.63, 3.8) is 0 Å². The molecule has 22 heavy (non-hydrogen) atoms. The van der Waals surface area contributed by atoms with Gasteiger partial charge >= 0.3 is 0 Å². The minimum atomic E-state index is -0.651. The maximum absolute atomic E-state index is 10.2. The van der Waals surface area contributed by atoms with Crippen LogP contribution in [0.15, 0.2) is 53.5 Å². The molecule has 2 aromatic carbocycles. The molecule has 0 spiro atoms. The standard InChI is InChI=1S/C18H23N3O/c1-3-14-7-5-9-16(11-14)21-18(19)20-12-17(22)15-8-4-6-13(2)10-15/h4-11,17,22H,3,12H2,1-2H3,(H3,19,20,21). The number of nitrogens with two attached hydrogens (primary N) is 1. The van der Waals surface area contributed by atoms with Gasteiger partial charge in [-0.2, -0.15) is 0 Å². The van der Waals surface area contributed by atoms with Gasteiger partial charge < -0.3 is 16.2 Å². The van der Waals surface area contributed by atoms with Crippen LogP contribution in [0.4, 0.5) is 5.69 Å². The Hall–Kier alpha value is -2.33. The van der Waals surface area contributed by atoms with E-state index in [2.05, 4.69) is 23.3 Å². The van der Waals surface area contributed by atoms with Gasteiger partial charge in [-0.1, -0.05) is 48.9 Å². The molecule has 0 aromatic heterocycles. The second-order valence-corrected chi connectivity index (χ2v) is 5.33. The predicted molar refractivity (Wildman–Crippen MR) is 92.1 cm³/mol. The monoisotopic (exact) mass is 297 g/mol. The van der Waals surface area contributed by atoms with Crippen LogP contribution >= 0.6 is 0 Å². The van der Waals surface area contributed by atoms with Crippen molar-refractivity contribution in [2.75, 3.05) is 11.9 Å². The number of aliphatic imine (C=N–C) groups is 1. The van der Waals surface area contributed by atoms with E-state index in [0.717, 1.165) is 23.2 Å². The normalized spacial score (nSPS) is 13.0. The number of guanidine groups is 1. The molecule has 1 atom stereocenters. The summed E-state index contributed by atoms with van der Waals surface area (Å²) in [7, 11) is 0. The molecular weight excluding hydrogens is 274 g/mol. The van der Waals surface area contributed by atoms with Crippen LogP contribution in [0.3, 0.4) is 0 Å². The van der Waals surface area contributed by atoms with Gasteiger partial charge in [-0.25, -0.2) is 0 Å². The number of aryl methyl sites for hydroxylation is 2. The summed E-state index contributed by atoms with van der Waals surface area (Å²) in [6.45, 7) is 4.33. The van der Waals surface area contributed by atoms with Gasteiger partial charge in [-0.15, -0.1) is 0 Å². The topological polar surface area (TPSA) is 70.6 Å². The fourth-order valence-electron chi connectivity index (χ4n) is 2.22. The number of nitrogens with zero attached hydrogens (tertiary/aromatic N) is 1. The number of hydrogen-bond acceptors (Lipinski definition) is 2. The third-order valence-electron chi connectivity index (χ3n) is 3.47. The van der Waals surface area contributed by atoms with Gasteiger partial charge in [0.25, 0.3) is 0 Å². The van der Waals surface area contributed by atoms with Crippen LogP contribution in [-0.4, -0.2) is 17.6 Å². The van der Waals surface area contributed by atoms with E-state index in [4.69, 9.17) is 5.73 Å². The number of benzene rings is 2. The molecule has 0 radical (unpaired) electrons. The van der Waals surface area contributed by atoms with E-state index >= 15 is 0 Å². The zero-order valence-corrected chi connectivity index (χ0v) is 13.1. The maximum Gasteiger partial charge on any atom is 0.193 e. The Morgan fingerprint density at radius 2 is 2.00 bits per heavy atom. The SMILES string of the molecule is CCc1cccc(NC(N)=NCC(O)c2cccc(C)c2)c1. The first-order valence-electron chi connectivity index (χ1n) is 7.49. The summed E-state index contributed by atoms with van der Waals surface area (Å²) >= 11 is 0. The summed E-state index contributed by atoms with van der Waals surface area (Å²) in [4.78, 5) is 4.21. The lowest BCUT2D eigenvalue weighted by atomic mass is 10.1. The van der Waals surface area contributed by atoms with Crippen molar-refractivity contribution in [3.05, 3.63) is 65.2 Å². The average Bonchev–Trinajstić information content (AvgIpc) is 2.52. The number of anilines is 1. The van der Waals surface area contributed by atoms with E-state index < -0.39 is 6.10 Å². The molecule has 0 bridgehead atoms. The van der Waals surface area contributed by atoms with E-state index in [0.29, 0.717) is 5.96 Å². The minimum Gasteiger partial charge on any atom is -0.386 e. The first-order chi connectivity index (χ1) is 10.6. The lowest BCUT2D eigenvalue weighted by molar-refractivity contribution is 0.187. The molecule has 2 aromatic rings. The third kappa shape index (κ3) is 4.60. The van der Waals surface area contributed by atoms with Crippen molar-refractivity contribution >= 4 is 11.6 Å². The molecule has 0 amide bonds. The van der Waals surface area contributed by atoms with Crippen molar-refractivity contribution in [3.8, 4) is 0 Å². The molecule has 0 fully saturated rings. The van der Waals surface area contributed by atoms with Gasteiger partial charge in [0.05, 0.1) is 12.6 Å². The van der Waals surface area contributed by atoms with E-state index in [9.17, 15) is 5.11 Å². The molecule has 0 saturated heterocycles. The van der Waals surface area contributed by atoms with E-state index in [1.54, 1.807) is 0 Å². The Morgan fingerprint density at radius 1 is 1.23 bits per heavy atom. The molecule has 0 aliphatic heterocycles. The Balaban J connectivity index is 1.97. The molecule has 0 heterocycles. The van der Waals surface area contributed by atoms with Crippen LogP contribution in [0.25, 0.3) is 0 Å². The molecular formula is C18H23N3O. The highest BCUT2D eigenvalue weighted by Crippen LogP contribution is 2.15. The largest absolute Gasteiger partial charge is 0.386 e. The Bertz CT molecular complexity index is 652.